The molecule has 0 atom stereocenters. The summed E-state index contributed by atoms with van der Waals surface area (Å²) in [5.74, 6) is -0.718. The van der Waals surface area contributed by atoms with E-state index in [9.17, 15) is 14.4 Å². The number of primary amides is 1. The molecule has 0 radical (unpaired) electrons. The molecule has 0 saturated heterocycles. The van der Waals surface area contributed by atoms with Crippen LogP contribution in [0.5, 0.6) is 0 Å². The molecular weight excluding hydrogens is 424 g/mol. The van der Waals surface area contributed by atoms with Crippen LogP contribution in [0, 0.1) is 0 Å². The zero-order valence-electron chi connectivity index (χ0n) is 17.0. The lowest BCUT2D eigenvalue weighted by Crippen LogP contribution is -2.24. The topological polar surface area (TPSA) is 107 Å². The van der Waals surface area contributed by atoms with Crippen LogP contribution in [0.25, 0.3) is 10.9 Å². The monoisotopic (exact) mass is 444 g/mol. The first-order chi connectivity index (χ1) is 15.5. The largest absolute Gasteiger partial charge is 0.366 e. The second-order valence-electron chi connectivity index (χ2n) is 7.07. The first-order valence-corrected chi connectivity index (χ1v) is 10.9. The number of nitrogens with one attached hydrogen (secondary N) is 1. The van der Waals surface area contributed by atoms with Crippen molar-refractivity contribution in [3.63, 3.8) is 0 Å². The summed E-state index contributed by atoms with van der Waals surface area (Å²) >= 11 is 1.20. The van der Waals surface area contributed by atoms with E-state index < -0.39 is 5.91 Å². The van der Waals surface area contributed by atoms with E-state index in [2.05, 4.69) is 10.3 Å². The van der Waals surface area contributed by atoms with Crippen LogP contribution in [0.1, 0.15) is 15.9 Å². The van der Waals surface area contributed by atoms with Crippen LogP contribution in [0.4, 0.5) is 5.69 Å². The molecule has 0 aliphatic carbocycles. The number of hydrogen-bond donors (Lipinski definition) is 2. The number of carbonyl (C=O) groups is 2. The highest BCUT2D eigenvalue weighted by atomic mass is 32.2. The Labute approximate surface area is 188 Å². The van der Waals surface area contributed by atoms with Gasteiger partial charge in [-0.05, 0) is 42.0 Å². The van der Waals surface area contributed by atoms with Gasteiger partial charge in [0.25, 0.3) is 5.56 Å². The van der Waals surface area contributed by atoms with Crippen molar-refractivity contribution in [3.8, 4) is 0 Å². The van der Waals surface area contributed by atoms with Gasteiger partial charge in [-0.25, -0.2) is 4.98 Å². The van der Waals surface area contributed by atoms with Crippen LogP contribution in [0.15, 0.2) is 88.8 Å². The van der Waals surface area contributed by atoms with Gasteiger partial charge < -0.3 is 11.1 Å². The average Bonchev–Trinajstić information content (AvgIpc) is 2.81. The molecule has 0 aliphatic rings. The summed E-state index contributed by atoms with van der Waals surface area (Å²) in [6.45, 7) is 0.357. The molecule has 0 bridgehead atoms. The Morgan fingerprint density at radius 2 is 1.62 bits per heavy atom. The molecule has 32 heavy (non-hydrogen) atoms. The van der Waals surface area contributed by atoms with Gasteiger partial charge >= 0.3 is 0 Å². The Morgan fingerprint density at radius 1 is 0.938 bits per heavy atom. The van der Waals surface area contributed by atoms with Crippen LogP contribution in [-0.4, -0.2) is 27.1 Å². The Bertz CT molecular complexity index is 1340. The van der Waals surface area contributed by atoms with E-state index >= 15 is 0 Å². The number of aromatic nitrogens is 2. The molecule has 0 aliphatic heterocycles. The summed E-state index contributed by atoms with van der Waals surface area (Å²) < 4.78 is 1.59. The van der Waals surface area contributed by atoms with Crippen molar-refractivity contribution >= 4 is 40.2 Å². The van der Waals surface area contributed by atoms with Crippen LogP contribution in [-0.2, 0) is 11.3 Å². The molecule has 0 fully saturated rings. The van der Waals surface area contributed by atoms with Gasteiger partial charge in [0.05, 0.1) is 23.2 Å². The summed E-state index contributed by atoms with van der Waals surface area (Å²) in [6, 6.07) is 23.1. The lowest BCUT2D eigenvalue weighted by molar-refractivity contribution is -0.113. The number of fused-ring (bicyclic) bond motifs is 1. The number of benzene rings is 3. The Kier molecular flexibility index (Phi) is 6.32. The number of anilines is 1. The first kappa shape index (κ1) is 21.3. The molecule has 0 saturated carbocycles. The molecule has 0 spiro atoms. The smallest absolute Gasteiger partial charge is 0.262 e. The Balaban J connectivity index is 1.56. The molecule has 4 rings (SSSR count). The fraction of sp³-hybridized carbons (Fsp3) is 0.0833. The van der Waals surface area contributed by atoms with Gasteiger partial charge in [0, 0.05) is 11.3 Å². The third-order valence-electron chi connectivity index (χ3n) is 4.80. The summed E-state index contributed by atoms with van der Waals surface area (Å²) in [4.78, 5) is 41.4. The Morgan fingerprint density at radius 3 is 2.34 bits per heavy atom. The van der Waals surface area contributed by atoms with E-state index in [1.54, 1.807) is 41.0 Å². The molecule has 3 N–H and O–H groups in total. The van der Waals surface area contributed by atoms with Gasteiger partial charge in [-0.15, -0.1) is 0 Å². The summed E-state index contributed by atoms with van der Waals surface area (Å²) in [7, 11) is 0. The number of nitrogens with two attached hydrogens (primary N) is 1. The normalized spacial score (nSPS) is 10.8. The highest BCUT2D eigenvalue weighted by Gasteiger charge is 2.14. The zero-order chi connectivity index (χ0) is 22.5. The maximum absolute atomic E-state index is 13.1. The van der Waals surface area contributed by atoms with Crippen LogP contribution in [0.3, 0.4) is 0 Å². The summed E-state index contributed by atoms with van der Waals surface area (Å²) in [5.41, 5.74) is 7.55. The lowest BCUT2D eigenvalue weighted by Gasteiger charge is -2.13. The fourth-order valence-corrected chi connectivity index (χ4v) is 4.01. The van der Waals surface area contributed by atoms with Crippen molar-refractivity contribution < 1.29 is 9.59 Å². The number of carbonyl (C=O) groups excluding carboxylic acids is 2. The number of amides is 2. The number of rotatable bonds is 7. The molecule has 8 heteroatoms. The zero-order valence-corrected chi connectivity index (χ0v) is 17.8. The van der Waals surface area contributed by atoms with Gasteiger partial charge in [0.1, 0.15) is 0 Å². The molecule has 1 heterocycles. The van der Waals surface area contributed by atoms with Gasteiger partial charge in [0.15, 0.2) is 5.16 Å². The predicted octanol–water partition coefficient (Wildman–Crippen LogP) is 3.27. The van der Waals surface area contributed by atoms with Crippen molar-refractivity contribution in [1.82, 2.24) is 9.55 Å². The van der Waals surface area contributed by atoms with Crippen molar-refractivity contribution in [2.75, 3.05) is 11.1 Å². The maximum Gasteiger partial charge on any atom is 0.262 e. The second-order valence-corrected chi connectivity index (χ2v) is 8.01. The number of para-hydroxylation sites is 1. The van der Waals surface area contributed by atoms with Gasteiger partial charge in [-0.1, -0.05) is 54.2 Å². The van der Waals surface area contributed by atoms with Crippen molar-refractivity contribution in [2.45, 2.75) is 11.7 Å². The van der Waals surface area contributed by atoms with E-state index in [1.165, 1.54) is 11.8 Å². The highest BCUT2D eigenvalue weighted by Crippen LogP contribution is 2.20. The third kappa shape index (κ3) is 4.87. The lowest BCUT2D eigenvalue weighted by atomic mass is 10.2. The molecule has 7 nitrogen and oxygen atoms in total. The van der Waals surface area contributed by atoms with E-state index in [4.69, 9.17) is 5.73 Å². The van der Waals surface area contributed by atoms with Crippen LogP contribution >= 0.6 is 11.8 Å². The first-order valence-electron chi connectivity index (χ1n) is 9.87. The van der Waals surface area contributed by atoms with Crippen LogP contribution < -0.4 is 16.6 Å². The molecule has 160 valence electrons. The van der Waals surface area contributed by atoms with Crippen LogP contribution in [0.2, 0.25) is 0 Å². The van der Waals surface area contributed by atoms with E-state index in [1.807, 2.05) is 42.5 Å². The minimum absolute atomic E-state index is 0.0666. The molecule has 1 aromatic heterocycles. The minimum Gasteiger partial charge on any atom is -0.366 e. The number of hydrogen-bond acceptors (Lipinski definition) is 5. The van der Waals surface area contributed by atoms with Gasteiger partial charge in [0.2, 0.25) is 11.8 Å². The van der Waals surface area contributed by atoms with E-state index in [0.717, 1.165) is 5.56 Å². The van der Waals surface area contributed by atoms with Gasteiger partial charge in [-0.2, -0.15) is 0 Å². The van der Waals surface area contributed by atoms with E-state index in [0.29, 0.717) is 33.9 Å². The number of nitrogens with zero attached hydrogens (tertiary/aromatic N) is 2. The molecule has 2 amide bonds. The standard InChI is InChI=1S/C24H20N4O3S/c25-22(30)17-10-12-18(13-11-17)26-21(29)15-32-24-27-20-9-5-4-8-19(20)23(31)28(24)14-16-6-2-1-3-7-16/h1-13H,14-15H2,(H2,25,30)(H,26,29). The van der Waals surface area contributed by atoms with Gasteiger partial charge in [-0.3, -0.25) is 19.0 Å². The van der Waals surface area contributed by atoms with Crippen molar-refractivity contribution in [2.24, 2.45) is 5.73 Å². The molecule has 4 aromatic rings. The third-order valence-corrected chi connectivity index (χ3v) is 5.77. The summed E-state index contributed by atoms with van der Waals surface area (Å²) in [6.07, 6.45) is 0. The maximum atomic E-state index is 13.1. The SMILES string of the molecule is NC(=O)c1ccc(NC(=O)CSc2nc3ccccc3c(=O)n2Cc2ccccc2)cc1. The van der Waals surface area contributed by atoms with Crippen molar-refractivity contribution in [1.29, 1.82) is 0 Å². The average molecular weight is 445 g/mol. The van der Waals surface area contributed by atoms with Crippen molar-refractivity contribution in [3.05, 3.63) is 100 Å². The highest BCUT2D eigenvalue weighted by molar-refractivity contribution is 7.99. The molecular formula is C24H20N4O3S. The summed E-state index contributed by atoms with van der Waals surface area (Å²) in [5, 5.41) is 3.78. The van der Waals surface area contributed by atoms with E-state index in [-0.39, 0.29) is 17.2 Å². The minimum atomic E-state index is -0.530. The fourth-order valence-electron chi connectivity index (χ4n) is 3.21. The molecule has 3 aromatic carbocycles. The molecule has 0 unspecified atom stereocenters. The Hall–Kier alpha value is -3.91. The predicted molar refractivity (Wildman–Crippen MR) is 126 cm³/mol. The second kappa shape index (κ2) is 9.49. The number of thioether (sulfide) groups is 1. The quantitative estimate of drug-likeness (QED) is 0.336.